The average Bonchev–Trinajstić information content (AvgIpc) is 3.10. The number of nitrogens with zero attached hydrogens (tertiary/aromatic N) is 2. The third kappa shape index (κ3) is 3.69. The standard InChI is InChI=1S/C15H20N4O3S/c1-9-8-23-14(16-9)10-3-2-6-19(7-10)12(20)5-4-11-13(21)18-15(22)17-11/h8,10-11H,2-7H2,1H3,(H2,17,18,21,22)/t10-,11-/m0/s1. The van der Waals surface area contributed by atoms with Gasteiger partial charge in [0.05, 0.1) is 5.01 Å². The number of piperidine rings is 1. The van der Waals surface area contributed by atoms with Gasteiger partial charge in [-0.2, -0.15) is 0 Å². The van der Waals surface area contributed by atoms with Crippen LogP contribution in [0.5, 0.6) is 0 Å². The van der Waals surface area contributed by atoms with Crippen molar-refractivity contribution in [1.29, 1.82) is 0 Å². The predicted molar refractivity (Wildman–Crippen MR) is 85.1 cm³/mol. The molecule has 0 saturated carbocycles. The molecule has 2 N–H and O–H groups in total. The second-order valence-corrected chi connectivity index (χ2v) is 6.95. The van der Waals surface area contributed by atoms with Crippen molar-refractivity contribution in [3.63, 3.8) is 0 Å². The normalized spacial score (nSPS) is 24.5. The smallest absolute Gasteiger partial charge is 0.322 e. The van der Waals surface area contributed by atoms with E-state index >= 15 is 0 Å². The van der Waals surface area contributed by atoms with Gasteiger partial charge in [0.15, 0.2) is 0 Å². The molecule has 1 aromatic heterocycles. The van der Waals surface area contributed by atoms with E-state index in [1.54, 1.807) is 11.3 Å². The minimum Gasteiger partial charge on any atom is -0.342 e. The molecule has 0 bridgehead atoms. The molecular weight excluding hydrogens is 316 g/mol. The van der Waals surface area contributed by atoms with E-state index in [1.165, 1.54) is 0 Å². The van der Waals surface area contributed by atoms with E-state index in [-0.39, 0.29) is 18.2 Å². The van der Waals surface area contributed by atoms with Crippen LogP contribution in [0.4, 0.5) is 4.79 Å². The summed E-state index contributed by atoms with van der Waals surface area (Å²) in [5.41, 5.74) is 1.02. The van der Waals surface area contributed by atoms with Crippen molar-refractivity contribution in [3.05, 3.63) is 16.1 Å². The number of carbonyl (C=O) groups is 3. The number of amides is 4. The predicted octanol–water partition coefficient (Wildman–Crippen LogP) is 1.15. The molecule has 3 rings (SSSR count). The molecule has 2 atom stereocenters. The fourth-order valence-electron chi connectivity index (χ4n) is 3.05. The highest BCUT2D eigenvalue weighted by Gasteiger charge is 2.31. The van der Waals surface area contributed by atoms with Crippen LogP contribution in [0.3, 0.4) is 0 Å². The van der Waals surface area contributed by atoms with Gasteiger partial charge in [0.1, 0.15) is 6.04 Å². The summed E-state index contributed by atoms with van der Waals surface area (Å²) >= 11 is 1.65. The number of rotatable bonds is 4. The van der Waals surface area contributed by atoms with E-state index in [0.29, 0.717) is 18.9 Å². The Kier molecular flexibility index (Phi) is 4.61. The highest BCUT2D eigenvalue weighted by molar-refractivity contribution is 7.09. The Morgan fingerprint density at radius 2 is 2.30 bits per heavy atom. The molecule has 23 heavy (non-hydrogen) atoms. The lowest BCUT2D eigenvalue weighted by atomic mass is 9.98. The lowest BCUT2D eigenvalue weighted by Gasteiger charge is -2.32. The third-order valence-corrected chi connectivity index (χ3v) is 5.39. The van der Waals surface area contributed by atoms with Crippen LogP contribution in [-0.2, 0) is 9.59 Å². The van der Waals surface area contributed by atoms with Gasteiger partial charge in [-0.1, -0.05) is 0 Å². The van der Waals surface area contributed by atoms with Crippen molar-refractivity contribution < 1.29 is 14.4 Å². The Labute approximate surface area is 138 Å². The molecule has 0 aliphatic carbocycles. The molecule has 4 amide bonds. The van der Waals surface area contributed by atoms with Crippen molar-refractivity contribution in [2.75, 3.05) is 13.1 Å². The molecule has 7 nitrogen and oxygen atoms in total. The lowest BCUT2D eigenvalue weighted by Crippen LogP contribution is -2.40. The lowest BCUT2D eigenvalue weighted by molar-refractivity contribution is -0.132. The van der Waals surface area contributed by atoms with Gasteiger partial charge in [-0.15, -0.1) is 11.3 Å². The molecule has 0 radical (unpaired) electrons. The summed E-state index contributed by atoms with van der Waals surface area (Å²) in [5.74, 6) is -0.00427. The van der Waals surface area contributed by atoms with E-state index in [4.69, 9.17) is 0 Å². The second kappa shape index (κ2) is 6.66. The summed E-state index contributed by atoms with van der Waals surface area (Å²) in [6, 6.07) is -1.07. The van der Waals surface area contributed by atoms with Gasteiger partial charge >= 0.3 is 6.03 Å². The molecule has 1 aromatic rings. The van der Waals surface area contributed by atoms with E-state index in [2.05, 4.69) is 15.6 Å². The number of imide groups is 1. The first-order valence-electron chi connectivity index (χ1n) is 7.84. The number of hydrogen-bond donors (Lipinski definition) is 2. The van der Waals surface area contributed by atoms with Crippen molar-refractivity contribution in [3.8, 4) is 0 Å². The molecule has 0 unspecified atom stereocenters. The minimum absolute atomic E-state index is 0.0388. The molecule has 2 aliphatic rings. The molecule has 0 spiro atoms. The van der Waals surface area contributed by atoms with Crippen LogP contribution in [-0.4, -0.2) is 46.9 Å². The van der Waals surface area contributed by atoms with Crippen LogP contribution in [0.25, 0.3) is 0 Å². The maximum Gasteiger partial charge on any atom is 0.322 e. The summed E-state index contributed by atoms with van der Waals surface area (Å²) in [4.78, 5) is 41.3. The fourth-order valence-corrected chi connectivity index (χ4v) is 3.98. The first-order valence-corrected chi connectivity index (χ1v) is 8.72. The van der Waals surface area contributed by atoms with Gasteiger partial charge in [-0.25, -0.2) is 9.78 Å². The Balaban J connectivity index is 1.53. The number of aryl methyl sites for hydroxylation is 1. The van der Waals surface area contributed by atoms with Crippen LogP contribution < -0.4 is 10.6 Å². The van der Waals surface area contributed by atoms with Crippen molar-refractivity contribution in [1.82, 2.24) is 20.5 Å². The average molecular weight is 336 g/mol. The monoisotopic (exact) mass is 336 g/mol. The van der Waals surface area contributed by atoms with E-state index < -0.39 is 12.1 Å². The van der Waals surface area contributed by atoms with Crippen LogP contribution in [0.2, 0.25) is 0 Å². The number of nitrogens with one attached hydrogen (secondary N) is 2. The number of aromatic nitrogens is 1. The van der Waals surface area contributed by atoms with Gasteiger partial charge in [0.2, 0.25) is 5.91 Å². The Bertz CT molecular complexity index is 630. The van der Waals surface area contributed by atoms with Crippen LogP contribution in [0.1, 0.15) is 42.3 Å². The molecule has 2 aliphatic heterocycles. The van der Waals surface area contributed by atoms with E-state index in [9.17, 15) is 14.4 Å². The van der Waals surface area contributed by atoms with Gasteiger partial charge in [-0.3, -0.25) is 14.9 Å². The number of thiazole rings is 1. The van der Waals surface area contributed by atoms with Crippen LogP contribution >= 0.6 is 11.3 Å². The molecule has 2 fully saturated rings. The van der Waals surface area contributed by atoms with Crippen molar-refractivity contribution >= 4 is 29.2 Å². The molecule has 124 valence electrons. The van der Waals surface area contributed by atoms with E-state index in [0.717, 1.165) is 30.1 Å². The zero-order valence-electron chi connectivity index (χ0n) is 13.0. The summed E-state index contributed by atoms with van der Waals surface area (Å²) < 4.78 is 0. The topological polar surface area (TPSA) is 91.4 Å². The van der Waals surface area contributed by atoms with Gasteiger partial charge in [-0.05, 0) is 26.2 Å². The number of likely N-dealkylation sites (tertiary alicyclic amines) is 1. The highest BCUT2D eigenvalue weighted by atomic mass is 32.1. The second-order valence-electron chi connectivity index (χ2n) is 6.06. The molecular formula is C15H20N4O3S. The van der Waals surface area contributed by atoms with E-state index in [1.807, 2.05) is 17.2 Å². The summed E-state index contributed by atoms with van der Waals surface area (Å²) in [6.07, 6.45) is 2.63. The summed E-state index contributed by atoms with van der Waals surface area (Å²) in [7, 11) is 0. The third-order valence-electron chi connectivity index (χ3n) is 4.27. The molecule has 0 aromatic carbocycles. The van der Waals surface area contributed by atoms with Crippen molar-refractivity contribution in [2.24, 2.45) is 0 Å². The zero-order chi connectivity index (χ0) is 16.4. The first-order chi connectivity index (χ1) is 11.0. The summed E-state index contributed by atoms with van der Waals surface area (Å²) in [6.45, 7) is 3.42. The maximum atomic E-state index is 12.4. The summed E-state index contributed by atoms with van der Waals surface area (Å²) in [5, 5.41) is 7.84. The SMILES string of the molecule is Cc1csc([C@H]2CCCN(C(=O)CC[C@@H]3NC(=O)NC3=O)C2)n1. The van der Waals surface area contributed by atoms with Gasteiger partial charge < -0.3 is 10.2 Å². The maximum absolute atomic E-state index is 12.4. The first kappa shape index (κ1) is 15.9. The quantitative estimate of drug-likeness (QED) is 0.807. The Hall–Kier alpha value is -1.96. The number of hydrogen-bond acceptors (Lipinski definition) is 5. The number of carbonyl (C=O) groups excluding carboxylic acids is 3. The zero-order valence-corrected chi connectivity index (χ0v) is 13.8. The highest BCUT2D eigenvalue weighted by Crippen LogP contribution is 2.29. The van der Waals surface area contributed by atoms with Crippen LogP contribution in [0, 0.1) is 6.92 Å². The van der Waals surface area contributed by atoms with Crippen LogP contribution in [0.15, 0.2) is 5.38 Å². The molecule has 8 heteroatoms. The number of urea groups is 1. The molecule has 3 heterocycles. The van der Waals surface area contributed by atoms with Crippen molar-refractivity contribution in [2.45, 2.75) is 44.6 Å². The molecule has 2 saturated heterocycles. The van der Waals surface area contributed by atoms with Gasteiger partial charge in [0.25, 0.3) is 5.91 Å². The minimum atomic E-state index is -0.589. The van der Waals surface area contributed by atoms with Gasteiger partial charge in [0, 0.05) is 36.5 Å². The fraction of sp³-hybridized carbons (Fsp3) is 0.600. The largest absolute Gasteiger partial charge is 0.342 e. The Morgan fingerprint density at radius 3 is 2.96 bits per heavy atom. The Morgan fingerprint density at radius 1 is 1.48 bits per heavy atom.